The van der Waals surface area contributed by atoms with Crippen LogP contribution in [-0.2, 0) is 16.0 Å². The molecule has 0 spiro atoms. The van der Waals surface area contributed by atoms with E-state index in [0.717, 1.165) is 0 Å². The van der Waals surface area contributed by atoms with Crippen molar-refractivity contribution in [1.29, 1.82) is 0 Å². The Hall–Kier alpha value is -1.29. The van der Waals surface area contributed by atoms with E-state index in [2.05, 4.69) is 0 Å². The lowest BCUT2D eigenvalue weighted by Gasteiger charge is -2.24. The van der Waals surface area contributed by atoms with Crippen LogP contribution in [0.4, 0.5) is 26.3 Å². The minimum atomic E-state index is -6.51. The molecule has 0 saturated heterocycles. The van der Waals surface area contributed by atoms with Crippen molar-refractivity contribution in [1.82, 2.24) is 0 Å². The molecule has 0 amide bonds. The van der Waals surface area contributed by atoms with Crippen LogP contribution in [0, 0.1) is 11.6 Å². The largest absolute Gasteiger partial charge is 0.436 e. The lowest BCUT2D eigenvalue weighted by Crippen LogP contribution is -2.45. The van der Waals surface area contributed by atoms with Gasteiger partial charge >= 0.3 is 21.3 Å². The van der Waals surface area contributed by atoms with E-state index in [9.17, 15) is 34.8 Å². The Balaban J connectivity index is 3.52. The van der Waals surface area contributed by atoms with Crippen molar-refractivity contribution in [2.75, 3.05) is 0 Å². The van der Waals surface area contributed by atoms with E-state index in [-0.39, 0.29) is 6.07 Å². The topological polar surface area (TPSA) is 54.4 Å². The van der Waals surface area contributed by atoms with Gasteiger partial charge in [0, 0.05) is 0 Å². The molecule has 3 nitrogen and oxygen atoms in total. The Morgan fingerprint density at radius 1 is 1.06 bits per heavy atom. The van der Waals surface area contributed by atoms with Gasteiger partial charge in [-0.3, -0.25) is 4.55 Å². The van der Waals surface area contributed by atoms with E-state index in [1.54, 1.807) is 0 Å². The van der Waals surface area contributed by atoms with Gasteiger partial charge in [-0.1, -0.05) is 6.07 Å². The van der Waals surface area contributed by atoms with Gasteiger partial charge in [0.05, 0.1) is 5.56 Å². The molecular weight excluding hydrogens is 290 g/mol. The lowest BCUT2D eigenvalue weighted by atomic mass is 10.1. The molecule has 0 fully saturated rings. The zero-order valence-electron chi connectivity index (χ0n) is 8.17. The molecule has 1 aromatic carbocycles. The van der Waals surface area contributed by atoms with Crippen LogP contribution >= 0.6 is 0 Å². The number of hydrogen-bond acceptors (Lipinski definition) is 2. The van der Waals surface area contributed by atoms with Crippen LogP contribution in [-0.4, -0.2) is 18.2 Å². The molecule has 1 aromatic rings. The second-order valence-electron chi connectivity index (χ2n) is 3.17. The first-order valence-electron chi connectivity index (χ1n) is 4.10. The summed E-state index contributed by atoms with van der Waals surface area (Å²) < 4.78 is 106. The van der Waals surface area contributed by atoms with E-state index in [4.69, 9.17) is 4.55 Å². The molecule has 10 heteroatoms. The monoisotopic (exact) mass is 294 g/mol. The summed E-state index contributed by atoms with van der Waals surface area (Å²) in [5.41, 5.74) is -2.18. The SMILES string of the molecule is O=S(=O)(O)C(F)(F)C(F)(F)c1cccc(F)c1F. The molecule has 102 valence electrons. The molecule has 0 aliphatic heterocycles. The van der Waals surface area contributed by atoms with Crippen molar-refractivity contribution in [2.45, 2.75) is 11.2 Å². The first kappa shape index (κ1) is 14.8. The fourth-order valence-electron chi connectivity index (χ4n) is 1.07. The van der Waals surface area contributed by atoms with Gasteiger partial charge in [-0.15, -0.1) is 0 Å². The van der Waals surface area contributed by atoms with Crippen molar-refractivity contribution in [3.8, 4) is 0 Å². The fraction of sp³-hybridized carbons (Fsp3) is 0.250. The van der Waals surface area contributed by atoms with Gasteiger partial charge in [-0.25, -0.2) is 8.78 Å². The van der Waals surface area contributed by atoms with Gasteiger partial charge in [0.25, 0.3) is 0 Å². The van der Waals surface area contributed by atoms with Crippen LogP contribution in [0.5, 0.6) is 0 Å². The normalized spacial score (nSPS) is 13.7. The lowest BCUT2D eigenvalue weighted by molar-refractivity contribution is -0.169. The molecule has 0 bridgehead atoms. The summed E-state index contributed by atoms with van der Waals surface area (Å²) in [6.07, 6.45) is 0. The van der Waals surface area contributed by atoms with Crippen LogP contribution < -0.4 is 0 Å². The molecular formula is C8H4F6O3S. The van der Waals surface area contributed by atoms with Gasteiger partial charge in [-0.2, -0.15) is 26.0 Å². The number of hydrogen-bond donors (Lipinski definition) is 1. The van der Waals surface area contributed by atoms with Crippen molar-refractivity contribution in [2.24, 2.45) is 0 Å². The van der Waals surface area contributed by atoms with E-state index in [1.165, 1.54) is 0 Å². The molecule has 0 saturated carbocycles. The molecule has 1 rings (SSSR count). The molecule has 0 aliphatic carbocycles. The van der Waals surface area contributed by atoms with Gasteiger partial charge < -0.3 is 0 Å². The Labute approximate surface area is 96.8 Å². The second kappa shape index (κ2) is 4.12. The molecule has 0 aliphatic rings. The number of halogens is 6. The van der Waals surface area contributed by atoms with Crippen LogP contribution in [0.3, 0.4) is 0 Å². The zero-order valence-corrected chi connectivity index (χ0v) is 8.99. The predicted octanol–water partition coefficient (Wildman–Crippen LogP) is 2.54. The molecule has 0 heterocycles. The quantitative estimate of drug-likeness (QED) is 0.688. The average Bonchev–Trinajstić information content (AvgIpc) is 2.19. The van der Waals surface area contributed by atoms with Gasteiger partial charge in [0.2, 0.25) is 0 Å². The summed E-state index contributed by atoms with van der Waals surface area (Å²) in [5, 5.41) is -5.99. The highest BCUT2D eigenvalue weighted by Gasteiger charge is 2.67. The average molecular weight is 294 g/mol. The highest BCUT2D eigenvalue weighted by atomic mass is 32.2. The van der Waals surface area contributed by atoms with Crippen molar-refractivity contribution >= 4 is 10.1 Å². The van der Waals surface area contributed by atoms with Crippen molar-refractivity contribution in [3.63, 3.8) is 0 Å². The number of rotatable bonds is 3. The molecule has 18 heavy (non-hydrogen) atoms. The molecule has 1 N–H and O–H groups in total. The summed E-state index contributed by atoms with van der Waals surface area (Å²) in [4.78, 5) is 0. The van der Waals surface area contributed by atoms with Crippen LogP contribution in [0.1, 0.15) is 5.56 Å². The van der Waals surface area contributed by atoms with Crippen LogP contribution in [0.2, 0.25) is 0 Å². The summed E-state index contributed by atoms with van der Waals surface area (Å²) in [6.45, 7) is 0. The first-order valence-corrected chi connectivity index (χ1v) is 5.54. The Morgan fingerprint density at radius 2 is 1.56 bits per heavy atom. The van der Waals surface area contributed by atoms with Gasteiger partial charge in [0.1, 0.15) is 0 Å². The fourth-order valence-corrected chi connectivity index (χ4v) is 1.50. The zero-order chi connectivity index (χ0) is 14.4. The maximum absolute atomic E-state index is 13.2. The minimum absolute atomic E-state index is 0.0809. The van der Waals surface area contributed by atoms with E-state index in [1.807, 2.05) is 0 Å². The number of alkyl halides is 4. The minimum Gasteiger partial charge on any atom is -0.281 e. The summed E-state index contributed by atoms with van der Waals surface area (Å²) in [6, 6.07) is 0.944. The highest BCUT2D eigenvalue weighted by molar-refractivity contribution is 7.86. The summed E-state index contributed by atoms with van der Waals surface area (Å²) >= 11 is 0. The summed E-state index contributed by atoms with van der Waals surface area (Å²) in [7, 11) is -6.51. The molecule has 0 radical (unpaired) electrons. The third-order valence-electron chi connectivity index (χ3n) is 1.98. The third-order valence-corrected chi connectivity index (χ3v) is 2.88. The third kappa shape index (κ3) is 2.05. The Bertz CT molecular complexity index is 568. The van der Waals surface area contributed by atoms with E-state index >= 15 is 0 Å². The maximum Gasteiger partial charge on any atom is 0.436 e. The predicted molar refractivity (Wildman–Crippen MR) is 46.7 cm³/mol. The Kier molecular flexibility index (Phi) is 3.38. The van der Waals surface area contributed by atoms with Crippen LogP contribution in [0.15, 0.2) is 18.2 Å². The van der Waals surface area contributed by atoms with E-state index < -0.39 is 38.5 Å². The molecule has 0 unspecified atom stereocenters. The first-order chi connectivity index (χ1) is 7.93. The summed E-state index contributed by atoms with van der Waals surface area (Å²) in [5.74, 6) is -9.82. The standard InChI is InChI=1S/C8H4F6O3S/c9-5-3-1-2-4(6(5)10)7(11,12)8(13,14)18(15,16)17/h1-3H,(H,15,16,17). The van der Waals surface area contributed by atoms with Gasteiger partial charge in [0.15, 0.2) is 11.6 Å². The molecule has 0 atom stereocenters. The molecule has 0 aromatic heterocycles. The van der Waals surface area contributed by atoms with E-state index in [0.29, 0.717) is 12.1 Å². The van der Waals surface area contributed by atoms with Crippen LogP contribution in [0.25, 0.3) is 0 Å². The van der Waals surface area contributed by atoms with Crippen molar-refractivity contribution in [3.05, 3.63) is 35.4 Å². The number of benzene rings is 1. The smallest absolute Gasteiger partial charge is 0.281 e. The Morgan fingerprint density at radius 3 is 2.00 bits per heavy atom. The second-order valence-corrected chi connectivity index (χ2v) is 4.63. The van der Waals surface area contributed by atoms with Crippen molar-refractivity contribution < 1.29 is 39.3 Å². The highest BCUT2D eigenvalue weighted by Crippen LogP contribution is 2.46. The maximum atomic E-state index is 13.2. The van der Waals surface area contributed by atoms with Gasteiger partial charge in [-0.05, 0) is 12.1 Å².